The van der Waals surface area contributed by atoms with E-state index in [1.807, 2.05) is 0 Å². The molecule has 0 spiro atoms. The standard InChI is InChI=1S/C22H28N2O5/c1-14(2)10-11-23-19(25)13-29-22(28)15-8-9-17-18(12-15)21(27)24(20(17)26)16-6-4-3-5-7-16/h8-9,12,14,16H,3-7,10-11,13H2,1-2H3,(H,23,25). The molecule has 0 bridgehead atoms. The van der Waals surface area contributed by atoms with Gasteiger partial charge in [-0.15, -0.1) is 0 Å². The van der Waals surface area contributed by atoms with E-state index in [0.29, 0.717) is 18.0 Å². The number of esters is 1. The molecule has 0 unspecified atom stereocenters. The highest BCUT2D eigenvalue weighted by molar-refractivity contribution is 6.22. The van der Waals surface area contributed by atoms with Gasteiger partial charge in [0.15, 0.2) is 6.61 Å². The van der Waals surface area contributed by atoms with E-state index >= 15 is 0 Å². The summed E-state index contributed by atoms with van der Waals surface area (Å²) < 4.78 is 5.05. The van der Waals surface area contributed by atoms with E-state index in [1.165, 1.54) is 23.1 Å². The van der Waals surface area contributed by atoms with Crippen LogP contribution >= 0.6 is 0 Å². The first-order valence-electron chi connectivity index (χ1n) is 10.3. The lowest BCUT2D eigenvalue weighted by molar-refractivity contribution is -0.124. The van der Waals surface area contributed by atoms with Crippen LogP contribution in [0.15, 0.2) is 18.2 Å². The molecule has 29 heavy (non-hydrogen) atoms. The second-order valence-electron chi connectivity index (χ2n) is 8.14. The number of imide groups is 1. The van der Waals surface area contributed by atoms with Crippen molar-refractivity contribution >= 4 is 23.7 Å². The Morgan fingerprint density at radius 1 is 1.10 bits per heavy atom. The molecule has 0 atom stereocenters. The Hall–Kier alpha value is -2.70. The molecule has 1 heterocycles. The van der Waals surface area contributed by atoms with Gasteiger partial charge in [-0.2, -0.15) is 0 Å². The zero-order valence-corrected chi connectivity index (χ0v) is 17.0. The summed E-state index contributed by atoms with van der Waals surface area (Å²) in [4.78, 5) is 50.9. The number of nitrogens with zero attached hydrogens (tertiary/aromatic N) is 1. The van der Waals surface area contributed by atoms with E-state index in [2.05, 4.69) is 19.2 Å². The normalized spacial score (nSPS) is 16.9. The van der Waals surface area contributed by atoms with Crippen molar-refractivity contribution in [3.05, 3.63) is 34.9 Å². The molecule has 1 aromatic rings. The number of ether oxygens (including phenoxy) is 1. The van der Waals surface area contributed by atoms with Gasteiger partial charge in [0.05, 0.1) is 16.7 Å². The zero-order valence-electron chi connectivity index (χ0n) is 17.0. The number of hydrogen-bond acceptors (Lipinski definition) is 5. The van der Waals surface area contributed by atoms with E-state index in [-0.39, 0.29) is 41.5 Å². The molecule has 1 aromatic carbocycles. The second kappa shape index (κ2) is 9.20. The zero-order chi connectivity index (χ0) is 21.0. The minimum absolute atomic E-state index is 0.0684. The Bertz CT molecular complexity index is 811. The Morgan fingerprint density at radius 2 is 1.79 bits per heavy atom. The average Bonchev–Trinajstić information content (AvgIpc) is 2.96. The number of hydrogen-bond donors (Lipinski definition) is 1. The van der Waals surface area contributed by atoms with Crippen LogP contribution in [0.3, 0.4) is 0 Å². The molecule has 0 aromatic heterocycles. The van der Waals surface area contributed by atoms with Gasteiger partial charge in [-0.25, -0.2) is 4.79 Å². The first-order chi connectivity index (χ1) is 13.9. The average molecular weight is 400 g/mol. The van der Waals surface area contributed by atoms with Crippen molar-refractivity contribution in [3.63, 3.8) is 0 Å². The highest BCUT2D eigenvalue weighted by atomic mass is 16.5. The number of carbonyl (C=O) groups excluding carboxylic acids is 4. The Balaban J connectivity index is 1.62. The highest BCUT2D eigenvalue weighted by Crippen LogP contribution is 2.31. The predicted molar refractivity (Wildman–Crippen MR) is 107 cm³/mol. The van der Waals surface area contributed by atoms with Gasteiger partial charge in [-0.3, -0.25) is 19.3 Å². The topological polar surface area (TPSA) is 92.8 Å². The summed E-state index contributed by atoms with van der Waals surface area (Å²) in [6.45, 7) is 4.26. The number of nitrogens with one attached hydrogen (secondary N) is 1. The quantitative estimate of drug-likeness (QED) is 0.561. The van der Waals surface area contributed by atoms with Crippen LogP contribution in [0.2, 0.25) is 0 Å². The fourth-order valence-corrected chi connectivity index (χ4v) is 3.82. The third-order valence-electron chi connectivity index (χ3n) is 5.47. The van der Waals surface area contributed by atoms with Gasteiger partial charge in [0.25, 0.3) is 17.7 Å². The molecular weight excluding hydrogens is 372 g/mol. The predicted octanol–water partition coefficient (Wildman–Crippen LogP) is 2.93. The first kappa shape index (κ1) is 21.0. The molecule has 7 heteroatoms. The van der Waals surface area contributed by atoms with Gasteiger partial charge in [0, 0.05) is 12.6 Å². The molecule has 0 radical (unpaired) electrons. The molecule has 156 valence electrons. The fourth-order valence-electron chi connectivity index (χ4n) is 3.82. The van der Waals surface area contributed by atoms with E-state index in [4.69, 9.17) is 4.74 Å². The molecule has 1 fully saturated rings. The molecule has 2 aliphatic rings. The number of rotatable bonds is 7. The second-order valence-corrected chi connectivity index (χ2v) is 8.14. The summed E-state index contributed by atoms with van der Waals surface area (Å²) in [6, 6.07) is 4.30. The van der Waals surface area contributed by atoms with Crippen molar-refractivity contribution in [2.24, 2.45) is 5.92 Å². The number of amides is 3. The molecule has 1 saturated carbocycles. The van der Waals surface area contributed by atoms with Gasteiger partial charge in [-0.1, -0.05) is 33.1 Å². The molecule has 1 aliphatic carbocycles. The molecule has 1 aliphatic heterocycles. The van der Waals surface area contributed by atoms with Gasteiger partial charge >= 0.3 is 5.97 Å². The maximum absolute atomic E-state index is 12.8. The minimum Gasteiger partial charge on any atom is -0.452 e. The van der Waals surface area contributed by atoms with Gasteiger partial charge in [0.2, 0.25) is 0 Å². The summed E-state index contributed by atoms with van der Waals surface area (Å²) in [5.41, 5.74) is 0.713. The van der Waals surface area contributed by atoms with Crippen LogP contribution in [0.4, 0.5) is 0 Å². The summed E-state index contributed by atoms with van der Waals surface area (Å²) in [6.07, 6.45) is 5.64. The SMILES string of the molecule is CC(C)CCNC(=O)COC(=O)c1ccc2c(c1)C(=O)N(C1CCCCC1)C2=O. The summed E-state index contributed by atoms with van der Waals surface area (Å²) in [7, 11) is 0. The Labute approximate surface area is 170 Å². The minimum atomic E-state index is -0.692. The van der Waals surface area contributed by atoms with Crippen LogP contribution in [-0.2, 0) is 9.53 Å². The van der Waals surface area contributed by atoms with Crippen LogP contribution in [0.5, 0.6) is 0 Å². The van der Waals surface area contributed by atoms with Gasteiger partial charge in [-0.05, 0) is 43.4 Å². The van der Waals surface area contributed by atoms with Crippen LogP contribution in [-0.4, -0.2) is 47.8 Å². The van der Waals surface area contributed by atoms with Crippen molar-refractivity contribution in [2.75, 3.05) is 13.2 Å². The van der Waals surface area contributed by atoms with Gasteiger partial charge in [0.1, 0.15) is 0 Å². The van der Waals surface area contributed by atoms with Crippen LogP contribution in [0.1, 0.15) is 83.4 Å². The monoisotopic (exact) mass is 400 g/mol. The number of fused-ring (bicyclic) bond motifs is 1. The maximum atomic E-state index is 12.8. The van der Waals surface area contributed by atoms with Crippen molar-refractivity contribution in [1.82, 2.24) is 10.2 Å². The van der Waals surface area contributed by atoms with E-state index in [1.54, 1.807) is 0 Å². The van der Waals surface area contributed by atoms with Crippen LogP contribution in [0, 0.1) is 5.92 Å². The van der Waals surface area contributed by atoms with Crippen LogP contribution in [0.25, 0.3) is 0 Å². The molecule has 0 saturated heterocycles. The smallest absolute Gasteiger partial charge is 0.338 e. The maximum Gasteiger partial charge on any atom is 0.338 e. The van der Waals surface area contributed by atoms with E-state index < -0.39 is 5.97 Å². The van der Waals surface area contributed by atoms with Gasteiger partial charge < -0.3 is 10.1 Å². The summed E-state index contributed by atoms with van der Waals surface area (Å²) in [5.74, 6) is -1.23. The van der Waals surface area contributed by atoms with Crippen molar-refractivity contribution in [2.45, 2.75) is 58.4 Å². The first-order valence-corrected chi connectivity index (χ1v) is 10.3. The van der Waals surface area contributed by atoms with Crippen molar-refractivity contribution in [3.8, 4) is 0 Å². The van der Waals surface area contributed by atoms with E-state index in [0.717, 1.165) is 38.5 Å². The lowest BCUT2D eigenvalue weighted by Gasteiger charge is -2.29. The van der Waals surface area contributed by atoms with Crippen molar-refractivity contribution in [1.29, 1.82) is 0 Å². The lowest BCUT2D eigenvalue weighted by Crippen LogP contribution is -2.40. The molecular formula is C22H28N2O5. The largest absolute Gasteiger partial charge is 0.452 e. The van der Waals surface area contributed by atoms with Crippen LogP contribution < -0.4 is 5.32 Å². The van der Waals surface area contributed by atoms with Crippen molar-refractivity contribution < 1.29 is 23.9 Å². The number of benzene rings is 1. The number of carbonyl (C=O) groups is 4. The van der Waals surface area contributed by atoms with E-state index in [9.17, 15) is 19.2 Å². The Kier molecular flexibility index (Phi) is 6.67. The fraction of sp³-hybridized carbons (Fsp3) is 0.545. The highest BCUT2D eigenvalue weighted by Gasteiger charge is 2.40. The molecule has 3 amide bonds. The lowest BCUT2D eigenvalue weighted by atomic mass is 9.94. The summed E-state index contributed by atoms with van der Waals surface area (Å²) >= 11 is 0. The molecule has 1 N–H and O–H groups in total. The summed E-state index contributed by atoms with van der Waals surface area (Å²) in [5, 5.41) is 2.70. The third-order valence-corrected chi connectivity index (χ3v) is 5.47. The molecule has 7 nitrogen and oxygen atoms in total. The third kappa shape index (κ3) is 4.83. The Morgan fingerprint density at radius 3 is 2.48 bits per heavy atom. The molecule has 3 rings (SSSR count).